The Kier molecular flexibility index (Phi) is 3.79. The quantitative estimate of drug-likeness (QED) is 0.332. The maximum atomic E-state index is 5.68. The maximum absolute atomic E-state index is 5.68. The molecule has 0 saturated heterocycles. The van der Waals surface area contributed by atoms with Crippen LogP contribution in [0.2, 0.25) is 0 Å². The average Bonchev–Trinajstić information content (AvgIpc) is 2.30. The van der Waals surface area contributed by atoms with Crippen LogP contribution in [0.5, 0.6) is 5.75 Å². The first kappa shape index (κ1) is 11.2. The summed E-state index contributed by atoms with van der Waals surface area (Å²) >= 11 is 0. The van der Waals surface area contributed by atoms with E-state index >= 15 is 0 Å². The summed E-state index contributed by atoms with van der Waals surface area (Å²) < 4.78 is 5.23. The summed E-state index contributed by atoms with van der Waals surface area (Å²) in [5.74, 6) is 6.17. The zero-order valence-electron chi connectivity index (χ0n) is 8.97. The van der Waals surface area contributed by atoms with Crippen molar-refractivity contribution < 1.29 is 4.74 Å². The Morgan fingerprint density at radius 1 is 1.47 bits per heavy atom. The Labute approximate surface area is 89.3 Å². The Balaban J connectivity index is 3.11. The summed E-state index contributed by atoms with van der Waals surface area (Å²) in [5, 5.41) is 3.48. The van der Waals surface area contributed by atoms with E-state index in [4.69, 9.17) is 16.3 Å². The molecule has 15 heavy (non-hydrogen) atoms. The van der Waals surface area contributed by atoms with Gasteiger partial charge in [-0.05, 0) is 19.1 Å². The van der Waals surface area contributed by atoms with Crippen molar-refractivity contribution in [2.24, 2.45) is 16.7 Å². The molecule has 0 aliphatic carbocycles. The van der Waals surface area contributed by atoms with Crippen molar-refractivity contribution in [1.29, 1.82) is 0 Å². The van der Waals surface area contributed by atoms with Crippen LogP contribution in [0.4, 0.5) is 5.69 Å². The number of methoxy groups -OCH3 is 1. The van der Waals surface area contributed by atoms with E-state index < -0.39 is 0 Å². The van der Waals surface area contributed by atoms with Crippen LogP contribution in [-0.4, -0.2) is 19.6 Å². The molecule has 82 valence electrons. The van der Waals surface area contributed by atoms with Crippen molar-refractivity contribution >= 4 is 11.6 Å². The molecule has 0 radical (unpaired) electrons. The number of anilines is 1. The van der Waals surface area contributed by atoms with Crippen LogP contribution in [0.25, 0.3) is 0 Å². The molecule has 4 N–H and O–H groups in total. The molecule has 0 saturated carbocycles. The number of rotatable bonds is 3. The van der Waals surface area contributed by atoms with Crippen molar-refractivity contribution in [3.63, 3.8) is 0 Å². The van der Waals surface area contributed by atoms with Gasteiger partial charge in [-0.2, -0.15) is 0 Å². The fourth-order valence-corrected chi connectivity index (χ4v) is 1.38. The third-order valence-corrected chi connectivity index (χ3v) is 2.10. The van der Waals surface area contributed by atoms with Gasteiger partial charge in [-0.3, -0.25) is 0 Å². The summed E-state index contributed by atoms with van der Waals surface area (Å²) in [4.78, 5) is 1.78. The van der Waals surface area contributed by atoms with Crippen molar-refractivity contribution in [2.75, 3.05) is 18.6 Å². The van der Waals surface area contributed by atoms with Gasteiger partial charge in [-0.15, -0.1) is 5.10 Å². The second-order valence-corrected chi connectivity index (χ2v) is 2.90. The molecule has 0 spiro atoms. The Morgan fingerprint density at radius 2 is 2.13 bits per heavy atom. The zero-order chi connectivity index (χ0) is 11.3. The Hall–Kier alpha value is -1.91. The lowest BCUT2D eigenvalue weighted by Crippen LogP contribution is -2.38. The molecule has 1 rings (SSSR count). The van der Waals surface area contributed by atoms with Gasteiger partial charge in [0.15, 0.2) is 0 Å². The predicted octanol–water partition coefficient (Wildman–Crippen LogP) is 0.710. The average molecular weight is 208 g/mol. The Morgan fingerprint density at radius 3 is 2.67 bits per heavy atom. The van der Waals surface area contributed by atoms with E-state index in [-0.39, 0.29) is 5.96 Å². The highest BCUT2D eigenvalue weighted by molar-refractivity contribution is 5.95. The van der Waals surface area contributed by atoms with Crippen LogP contribution in [0.1, 0.15) is 6.92 Å². The van der Waals surface area contributed by atoms with Crippen molar-refractivity contribution in [2.45, 2.75) is 6.92 Å². The lowest BCUT2D eigenvalue weighted by Gasteiger charge is -2.23. The number of guanidine groups is 1. The van der Waals surface area contributed by atoms with Crippen molar-refractivity contribution in [1.82, 2.24) is 0 Å². The predicted molar refractivity (Wildman–Crippen MR) is 61.8 cm³/mol. The molecule has 0 heterocycles. The molecule has 0 amide bonds. The number of para-hydroxylation sites is 2. The normalized spacial score (nSPS) is 11.2. The third-order valence-electron chi connectivity index (χ3n) is 2.10. The molecule has 0 bridgehead atoms. The fraction of sp³-hybridized carbons (Fsp3) is 0.300. The smallest absolute Gasteiger partial charge is 0.217 e. The standard InChI is InChI=1S/C10H16N4O/c1-3-14(10(11)13-12)8-6-4-5-7-9(8)15-2/h4-7H,3,12H2,1-2H3,(H2,11,13). The Bertz CT molecular complexity index is 351. The van der Waals surface area contributed by atoms with Gasteiger partial charge in [0.25, 0.3) is 0 Å². The summed E-state index contributed by atoms with van der Waals surface area (Å²) in [6.45, 7) is 2.64. The number of hydrogen-bond donors (Lipinski definition) is 2. The molecule has 0 aliphatic heterocycles. The molecule has 0 unspecified atom stereocenters. The molecule has 0 fully saturated rings. The van der Waals surface area contributed by atoms with Gasteiger partial charge in [-0.1, -0.05) is 12.1 Å². The van der Waals surface area contributed by atoms with Crippen LogP contribution in [-0.2, 0) is 0 Å². The van der Waals surface area contributed by atoms with Crippen LogP contribution in [0, 0.1) is 0 Å². The van der Waals surface area contributed by atoms with Crippen LogP contribution < -0.4 is 21.2 Å². The third kappa shape index (κ3) is 2.31. The van der Waals surface area contributed by atoms with Crippen LogP contribution in [0.3, 0.4) is 0 Å². The molecule has 0 atom stereocenters. The van der Waals surface area contributed by atoms with Gasteiger partial charge in [0.1, 0.15) is 5.75 Å². The fourth-order valence-electron chi connectivity index (χ4n) is 1.38. The van der Waals surface area contributed by atoms with Gasteiger partial charge in [0.05, 0.1) is 12.8 Å². The first-order valence-corrected chi connectivity index (χ1v) is 4.68. The number of hydrazone groups is 1. The minimum atomic E-state index is 0.266. The largest absolute Gasteiger partial charge is 0.495 e. The summed E-state index contributed by atoms with van der Waals surface area (Å²) in [6, 6.07) is 7.57. The minimum absolute atomic E-state index is 0.266. The number of nitrogens with two attached hydrogens (primary N) is 2. The van der Waals surface area contributed by atoms with E-state index in [2.05, 4.69) is 5.10 Å². The summed E-state index contributed by atoms with van der Waals surface area (Å²) in [5.41, 5.74) is 6.53. The molecule has 5 nitrogen and oxygen atoms in total. The zero-order valence-corrected chi connectivity index (χ0v) is 8.97. The van der Waals surface area contributed by atoms with E-state index in [0.29, 0.717) is 6.54 Å². The second kappa shape index (κ2) is 5.09. The van der Waals surface area contributed by atoms with E-state index in [0.717, 1.165) is 11.4 Å². The number of benzene rings is 1. The highest BCUT2D eigenvalue weighted by Crippen LogP contribution is 2.26. The van der Waals surface area contributed by atoms with E-state index in [1.807, 2.05) is 31.2 Å². The number of ether oxygens (including phenoxy) is 1. The molecular weight excluding hydrogens is 192 g/mol. The van der Waals surface area contributed by atoms with Crippen molar-refractivity contribution in [3.05, 3.63) is 24.3 Å². The molecule has 1 aromatic rings. The lowest BCUT2D eigenvalue weighted by molar-refractivity contribution is 0.415. The highest BCUT2D eigenvalue weighted by atomic mass is 16.5. The lowest BCUT2D eigenvalue weighted by atomic mass is 10.2. The van der Waals surface area contributed by atoms with Gasteiger partial charge in [0, 0.05) is 6.54 Å². The van der Waals surface area contributed by atoms with Gasteiger partial charge < -0.3 is 21.2 Å². The molecule has 0 aromatic heterocycles. The number of nitrogens with zero attached hydrogens (tertiary/aromatic N) is 2. The van der Waals surface area contributed by atoms with Gasteiger partial charge in [0.2, 0.25) is 5.96 Å². The monoisotopic (exact) mass is 208 g/mol. The van der Waals surface area contributed by atoms with E-state index in [1.54, 1.807) is 12.0 Å². The molecular formula is C10H16N4O. The topological polar surface area (TPSA) is 76.9 Å². The van der Waals surface area contributed by atoms with E-state index in [1.165, 1.54) is 0 Å². The number of hydrogen-bond acceptors (Lipinski definition) is 3. The highest BCUT2D eigenvalue weighted by Gasteiger charge is 2.12. The van der Waals surface area contributed by atoms with E-state index in [9.17, 15) is 0 Å². The maximum Gasteiger partial charge on any atom is 0.217 e. The first-order valence-electron chi connectivity index (χ1n) is 4.68. The van der Waals surface area contributed by atoms with Crippen molar-refractivity contribution in [3.8, 4) is 5.75 Å². The first-order chi connectivity index (χ1) is 7.24. The van der Waals surface area contributed by atoms with Gasteiger partial charge >= 0.3 is 0 Å². The molecule has 5 heteroatoms. The summed E-state index contributed by atoms with van der Waals surface area (Å²) in [6.07, 6.45) is 0. The molecule has 1 aromatic carbocycles. The van der Waals surface area contributed by atoms with Crippen LogP contribution in [0.15, 0.2) is 29.4 Å². The minimum Gasteiger partial charge on any atom is -0.495 e. The SMILES string of the molecule is CCN(/C(N)=N/N)c1ccccc1OC. The van der Waals surface area contributed by atoms with Crippen LogP contribution >= 0.6 is 0 Å². The second-order valence-electron chi connectivity index (χ2n) is 2.90. The summed E-state index contributed by atoms with van der Waals surface area (Å²) in [7, 11) is 1.61. The van der Waals surface area contributed by atoms with Gasteiger partial charge in [-0.25, -0.2) is 0 Å². The molecule has 0 aliphatic rings.